The molecule has 39 heavy (non-hydrogen) atoms. The lowest BCUT2D eigenvalue weighted by molar-refractivity contribution is 0.669. The van der Waals surface area contributed by atoms with Crippen LogP contribution in [0.3, 0.4) is 0 Å². The van der Waals surface area contributed by atoms with Crippen molar-refractivity contribution in [3.63, 3.8) is 0 Å². The van der Waals surface area contributed by atoms with Gasteiger partial charge >= 0.3 is 0 Å². The number of hydrogen-bond acceptors (Lipinski definition) is 1. The van der Waals surface area contributed by atoms with E-state index >= 15 is 0 Å². The smallest absolute Gasteiger partial charge is 0.144 e. The van der Waals surface area contributed by atoms with E-state index < -0.39 is 5.41 Å². The Hall–Kier alpha value is -4.40. The Labute approximate surface area is 235 Å². The first kappa shape index (κ1) is 22.6. The lowest BCUT2D eigenvalue weighted by Crippen LogP contribution is -2.28. The summed E-state index contributed by atoms with van der Waals surface area (Å²) in [6.07, 6.45) is 0. The molecule has 1 aliphatic carbocycles. The van der Waals surface area contributed by atoms with Gasteiger partial charge in [0.2, 0.25) is 0 Å². The molecule has 0 N–H and O–H groups in total. The zero-order chi connectivity index (χ0) is 26.0. The highest BCUT2D eigenvalue weighted by atomic mass is 79.9. The zero-order valence-electron chi connectivity index (χ0n) is 21.1. The Morgan fingerprint density at radius 3 is 1.79 bits per heavy atom. The summed E-state index contributed by atoms with van der Waals surface area (Å²) in [6, 6.07) is 49.9. The normalized spacial score (nSPS) is 13.5. The molecule has 1 nitrogen and oxygen atoms in total. The molecular weight excluding hydrogens is 540 g/mol. The fourth-order valence-corrected chi connectivity index (χ4v) is 7.29. The van der Waals surface area contributed by atoms with E-state index in [4.69, 9.17) is 4.42 Å². The van der Waals surface area contributed by atoms with E-state index in [1.807, 2.05) is 0 Å². The molecule has 2 heteroatoms. The van der Waals surface area contributed by atoms with Crippen molar-refractivity contribution in [2.24, 2.45) is 0 Å². The van der Waals surface area contributed by atoms with E-state index in [1.54, 1.807) is 0 Å². The molecule has 0 amide bonds. The standard InChI is InChI=1S/C37H23BrO/c38-32-23-31-33(36-34(32)29-21-12-20-27(35(29)39-36)24-13-4-1-5-14-24)28-19-10-11-22-30(28)37(31,25-15-6-2-7-16-25)26-17-8-3-9-18-26/h1-23H. The van der Waals surface area contributed by atoms with E-state index in [0.717, 1.165) is 37.5 Å². The minimum absolute atomic E-state index is 0.466. The summed E-state index contributed by atoms with van der Waals surface area (Å²) in [5, 5.41) is 2.24. The average molecular weight is 563 g/mol. The number of furan rings is 1. The van der Waals surface area contributed by atoms with Crippen LogP contribution in [0.25, 0.3) is 44.2 Å². The quantitative estimate of drug-likeness (QED) is 0.208. The number of para-hydroxylation sites is 1. The highest BCUT2D eigenvalue weighted by Gasteiger charge is 2.47. The molecule has 0 spiro atoms. The summed E-state index contributed by atoms with van der Waals surface area (Å²) in [7, 11) is 0. The van der Waals surface area contributed by atoms with Crippen LogP contribution in [0.5, 0.6) is 0 Å². The fourth-order valence-electron chi connectivity index (χ4n) is 6.67. The lowest BCUT2D eigenvalue weighted by Gasteiger charge is -2.33. The number of halogens is 1. The van der Waals surface area contributed by atoms with Gasteiger partial charge in [0.25, 0.3) is 0 Å². The van der Waals surface area contributed by atoms with Gasteiger partial charge in [-0.05, 0) is 39.4 Å². The summed E-state index contributed by atoms with van der Waals surface area (Å²) < 4.78 is 8.00. The lowest BCUT2D eigenvalue weighted by atomic mass is 9.67. The monoisotopic (exact) mass is 562 g/mol. The van der Waals surface area contributed by atoms with E-state index in [9.17, 15) is 0 Å². The highest BCUT2D eigenvalue weighted by Crippen LogP contribution is 2.59. The van der Waals surface area contributed by atoms with Crippen molar-refractivity contribution in [2.45, 2.75) is 5.41 Å². The van der Waals surface area contributed by atoms with Crippen molar-refractivity contribution >= 4 is 37.9 Å². The number of benzene rings is 6. The van der Waals surface area contributed by atoms with Crippen LogP contribution in [0.1, 0.15) is 22.3 Å². The Kier molecular flexibility index (Phi) is 4.95. The molecular formula is C37H23BrO. The number of fused-ring (bicyclic) bond motifs is 7. The Morgan fingerprint density at radius 2 is 1.10 bits per heavy atom. The maximum Gasteiger partial charge on any atom is 0.144 e. The molecule has 7 aromatic rings. The van der Waals surface area contributed by atoms with Gasteiger partial charge in [-0.25, -0.2) is 0 Å². The van der Waals surface area contributed by atoms with Gasteiger partial charge < -0.3 is 4.42 Å². The molecule has 0 radical (unpaired) electrons. The third-order valence-electron chi connectivity index (χ3n) is 8.22. The SMILES string of the molecule is Brc1cc2c(c3oc4c(-c5ccccc5)cccc4c13)-c1ccccc1C2(c1ccccc1)c1ccccc1. The zero-order valence-corrected chi connectivity index (χ0v) is 22.7. The molecule has 184 valence electrons. The minimum Gasteiger partial charge on any atom is -0.455 e. The molecule has 0 fully saturated rings. The highest BCUT2D eigenvalue weighted by molar-refractivity contribution is 9.10. The second-order valence-corrected chi connectivity index (χ2v) is 11.0. The maximum absolute atomic E-state index is 6.95. The van der Waals surface area contributed by atoms with Crippen LogP contribution in [0.4, 0.5) is 0 Å². The summed E-state index contributed by atoms with van der Waals surface area (Å²) in [6.45, 7) is 0. The molecule has 8 rings (SSSR count). The molecule has 1 heterocycles. The third-order valence-corrected chi connectivity index (χ3v) is 8.85. The van der Waals surface area contributed by atoms with Gasteiger partial charge in [-0.3, -0.25) is 0 Å². The largest absolute Gasteiger partial charge is 0.455 e. The topological polar surface area (TPSA) is 13.1 Å². The summed E-state index contributed by atoms with van der Waals surface area (Å²) in [4.78, 5) is 0. The molecule has 1 aliphatic rings. The van der Waals surface area contributed by atoms with Crippen molar-refractivity contribution in [2.75, 3.05) is 0 Å². The molecule has 0 bridgehead atoms. The van der Waals surface area contributed by atoms with Crippen molar-refractivity contribution in [1.29, 1.82) is 0 Å². The first-order valence-corrected chi connectivity index (χ1v) is 14.0. The average Bonchev–Trinajstić information content (AvgIpc) is 3.53. The summed E-state index contributed by atoms with van der Waals surface area (Å²) in [5.41, 5.74) is 11.0. The van der Waals surface area contributed by atoms with Crippen molar-refractivity contribution in [3.8, 4) is 22.3 Å². The summed E-state index contributed by atoms with van der Waals surface area (Å²) in [5.74, 6) is 0. The maximum atomic E-state index is 6.95. The molecule has 0 saturated carbocycles. The molecule has 0 atom stereocenters. The molecule has 1 aromatic heterocycles. The van der Waals surface area contributed by atoms with E-state index in [0.29, 0.717) is 0 Å². The minimum atomic E-state index is -0.466. The van der Waals surface area contributed by atoms with Crippen molar-refractivity contribution < 1.29 is 4.42 Å². The van der Waals surface area contributed by atoms with Gasteiger partial charge in [0.15, 0.2) is 0 Å². The Bertz CT molecular complexity index is 1960. The van der Waals surface area contributed by atoms with Crippen LogP contribution in [0, 0.1) is 0 Å². The van der Waals surface area contributed by atoms with Gasteiger partial charge in [-0.2, -0.15) is 0 Å². The van der Waals surface area contributed by atoms with Crippen LogP contribution in [-0.2, 0) is 5.41 Å². The number of rotatable bonds is 3. The predicted octanol–water partition coefficient (Wildman–Crippen LogP) is 10.4. The Morgan fingerprint density at radius 1 is 0.513 bits per heavy atom. The van der Waals surface area contributed by atoms with Gasteiger partial charge in [0.1, 0.15) is 11.2 Å². The van der Waals surface area contributed by atoms with E-state index in [-0.39, 0.29) is 0 Å². The molecule has 6 aromatic carbocycles. The second-order valence-electron chi connectivity index (χ2n) is 10.2. The van der Waals surface area contributed by atoms with Crippen LogP contribution < -0.4 is 0 Å². The van der Waals surface area contributed by atoms with Crippen molar-refractivity contribution in [3.05, 3.63) is 166 Å². The van der Waals surface area contributed by atoms with Gasteiger partial charge in [0.05, 0.1) is 5.41 Å². The molecule has 0 saturated heterocycles. The molecule has 0 aliphatic heterocycles. The first-order valence-electron chi connectivity index (χ1n) is 13.2. The van der Waals surface area contributed by atoms with Gasteiger partial charge in [-0.15, -0.1) is 0 Å². The van der Waals surface area contributed by atoms with Gasteiger partial charge in [0, 0.05) is 26.4 Å². The second kappa shape index (κ2) is 8.56. The third kappa shape index (κ3) is 3.07. The predicted molar refractivity (Wildman–Crippen MR) is 164 cm³/mol. The first-order chi connectivity index (χ1) is 19.3. The van der Waals surface area contributed by atoms with E-state index in [2.05, 4.69) is 155 Å². The van der Waals surface area contributed by atoms with Crippen molar-refractivity contribution in [1.82, 2.24) is 0 Å². The summed E-state index contributed by atoms with van der Waals surface area (Å²) >= 11 is 4.01. The van der Waals surface area contributed by atoms with Crippen LogP contribution in [0.15, 0.2) is 148 Å². The number of hydrogen-bond donors (Lipinski definition) is 0. The molecule has 0 unspecified atom stereocenters. The van der Waals surface area contributed by atoms with Crippen LogP contribution in [-0.4, -0.2) is 0 Å². The fraction of sp³-hybridized carbons (Fsp3) is 0.0270. The van der Waals surface area contributed by atoms with Gasteiger partial charge in [-0.1, -0.05) is 149 Å². The Balaban J connectivity index is 1.56. The van der Waals surface area contributed by atoms with E-state index in [1.165, 1.54) is 33.4 Å². The van der Waals surface area contributed by atoms with Crippen LogP contribution in [0.2, 0.25) is 0 Å². The van der Waals surface area contributed by atoms with Crippen LogP contribution >= 0.6 is 15.9 Å².